The quantitative estimate of drug-likeness (QED) is 0.208. The van der Waals surface area contributed by atoms with Crippen molar-refractivity contribution in [1.29, 1.82) is 0 Å². The van der Waals surface area contributed by atoms with Crippen LogP contribution in [0.15, 0.2) is 54.6 Å². The Bertz CT molecular complexity index is 856. The van der Waals surface area contributed by atoms with Crippen molar-refractivity contribution in [2.24, 2.45) is 5.92 Å². The maximum Gasteiger partial charge on any atom is 0.408 e. The molecule has 31 heavy (non-hydrogen) atoms. The molecule has 8 heteroatoms. The SMILES string of the molecule is CC[C@H](C)[C@H](NC(=O)OCc1ccccc1)C(=O)Oc1ccc(CC(=O)OCI)cc1. The number of rotatable bonds is 10. The molecule has 1 N–H and O–H groups in total. The lowest BCUT2D eigenvalue weighted by Crippen LogP contribution is -2.47. The van der Waals surface area contributed by atoms with Crippen LogP contribution in [0, 0.1) is 5.92 Å². The second kappa shape index (κ2) is 12.9. The van der Waals surface area contributed by atoms with Crippen LogP contribution in [0.3, 0.4) is 0 Å². The van der Waals surface area contributed by atoms with Gasteiger partial charge in [0.15, 0.2) is 0 Å². The highest BCUT2D eigenvalue weighted by molar-refractivity contribution is 14.1. The first-order valence-electron chi connectivity index (χ1n) is 9.92. The van der Waals surface area contributed by atoms with E-state index in [9.17, 15) is 14.4 Å². The predicted molar refractivity (Wildman–Crippen MR) is 124 cm³/mol. The largest absolute Gasteiger partial charge is 0.455 e. The highest BCUT2D eigenvalue weighted by atomic mass is 127. The zero-order valence-electron chi connectivity index (χ0n) is 17.5. The normalized spacial score (nSPS) is 12.4. The monoisotopic (exact) mass is 539 g/mol. The van der Waals surface area contributed by atoms with E-state index in [0.29, 0.717) is 16.8 Å². The number of halogens is 1. The number of hydrogen-bond donors (Lipinski definition) is 1. The molecule has 1 amide bonds. The summed E-state index contributed by atoms with van der Waals surface area (Å²) in [5, 5.41) is 2.61. The van der Waals surface area contributed by atoms with Gasteiger partial charge in [-0.1, -0.05) is 62.7 Å². The lowest BCUT2D eigenvalue weighted by Gasteiger charge is -2.22. The smallest absolute Gasteiger partial charge is 0.408 e. The fourth-order valence-electron chi connectivity index (χ4n) is 2.69. The molecule has 166 valence electrons. The van der Waals surface area contributed by atoms with Gasteiger partial charge in [0.05, 0.1) is 6.42 Å². The predicted octanol–water partition coefficient (Wildman–Crippen LogP) is 4.41. The van der Waals surface area contributed by atoms with E-state index in [-0.39, 0.29) is 24.9 Å². The van der Waals surface area contributed by atoms with Crippen molar-refractivity contribution in [2.75, 3.05) is 4.61 Å². The van der Waals surface area contributed by atoms with E-state index in [1.54, 1.807) is 24.3 Å². The van der Waals surface area contributed by atoms with Crippen molar-refractivity contribution in [2.45, 2.75) is 39.3 Å². The van der Waals surface area contributed by atoms with Crippen LogP contribution in [0.2, 0.25) is 0 Å². The molecule has 2 atom stereocenters. The van der Waals surface area contributed by atoms with Gasteiger partial charge < -0.3 is 19.5 Å². The van der Waals surface area contributed by atoms with E-state index in [0.717, 1.165) is 11.1 Å². The topological polar surface area (TPSA) is 90.9 Å². The number of benzene rings is 2. The minimum Gasteiger partial charge on any atom is -0.455 e. The molecule has 7 nitrogen and oxygen atoms in total. The third-order valence-corrected chi connectivity index (χ3v) is 4.97. The van der Waals surface area contributed by atoms with Crippen LogP contribution in [0.5, 0.6) is 5.75 Å². The summed E-state index contributed by atoms with van der Waals surface area (Å²) in [5.41, 5.74) is 1.60. The van der Waals surface area contributed by atoms with Gasteiger partial charge in [-0.05, 0) is 51.8 Å². The molecule has 0 heterocycles. The molecule has 0 spiro atoms. The van der Waals surface area contributed by atoms with E-state index < -0.39 is 18.1 Å². The fourth-order valence-corrected chi connectivity index (χ4v) is 3.04. The van der Waals surface area contributed by atoms with Crippen molar-refractivity contribution >= 4 is 40.6 Å². The van der Waals surface area contributed by atoms with Crippen LogP contribution in [0.25, 0.3) is 0 Å². The molecular formula is C23H26INO6. The zero-order chi connectivity index (χ0) is 22.6. The minimum atomic E-state index is -0.855. The number of amides is 1. The number of carbonyl (C=O) groups excluding carboxylic acids is 3. The molecular weight excluding hydrogens is 513 g/mol. The summed E-state index contributed by atoms with van der Waals surface area (Å²) in [7, 11) is 0. The van der Waals surface area contributed by atoms with Crippen LogP contribution in [0.4, 0.5) is 4.79 Å². The molecule has 0 radical (unpaired) electrons. The number of alkyl carbamates (subject to hydrolysis) is 1. The number of alkyl halides is 1. The summed E-state index contributed by atoms with van der Waals surface area (Å²) in [6.07, 6.45) is 0.119. The van der Waals surface area contributed by atoms with Crippen LogP contribution in [-0.2, 0) is 32.1 Å². The Morgan fingerprint density at radius 3 is 2.26 bits per heavy atom. The third-order valence-electron chi connectivity index (χ3n) is 4.66. The molecule has 2 rings (SSSR count). The van der Waals surface area contributed by atoms with E-state index >= 15 is 0 Å². The van der Waals surface area contributed by atoms with Crippen molar-refractivity contribution in [3.05, 3.63) is 65.7 Å². The maximum atomic E-state index is 12.7. The van der Waals surface area contributed by atoms with Crippen LogP contribution < -0.4 is 10.1 Å². The molecule has 0 saturated carbocycles. The van der Waals surface area contributed by atoms with Gasteiger partial charge >= 0.3 is 18.0 Å². The van der Waals surface area contributed by atoms with Crippen molar-refractivity contribution in [1.82, 2.24) is 5.32 Å². The molecule has 0 unspecified atom stereocenters. The lowest BCUT2D eigenvalue weighted by molar-refractivity contribution is -0.140. The van der Waals surface area contributed by atoms with E-state index in [2.05, 4.69) is 5.32 Å². The molecule has 0 bridgehead atoms. The minimum absolute atomic E-state index is 0.108. The van der Waals surface area contributed by atoms with Crippen molar-refractivity contribution in [3.63, 3.8) is 0 Å². The molecule has 0 fully saturated rings. The summed E-state index contributed by atoms with van der Waals surface area (Å²) in [6, 6.07) is 15.0. The van der Waals surface area contributed by atoms with Gasteiger partial charge in [0, 0.05) is 0 Å². The Morgan fingerprint density at radius 1 is 0.968 bits per heavy atom. The Labute approximate surface area is 195 Å². The number of nitrogens with one attached hydrogen (secondary N) is 1. The first-order chi connectivity index (χ1) is 14.9. The maximum absolute atomic E-state index is 12.7. The summed E-state index contributed by atoms with van der Waals surface area (Å²) in [6.45, 7) is 3.88. The van der Waals surface area contributed by atoms with Gasteiger partial charge in [0.1, 0.15) is 23.0 Å². The number of esters is 2. The van der Waals surface area contributed by atoms with Crippen LogP contribution in [-0.4, -0.2) is 28.7 Å². The van der Waals surface area contributed by atoms with Gasteiger partial charge in [0.25, 0.3) is 0 Å². The number of ether oxygens (including phenoxy) is 3. The van der Waals surface area contributed by atoms with E-state index in [1.165, 1.54) is 0 Å². The van der Waals surface area contributed by atoms with Crippen molar-refractivity contribution in [3.8, 4) is 5.75 Å². The molecule has 2 aromatic rings. The van der Waals surface area contributed by atoms with Gasteiger partial charge in [-0.3, -0.25) is 4.79 Å². The zero-order valence-corrected chi connectivity index (χ0v) is 19.7. The third kappa shape index (κ3) is 8.56. The van der Waals surface area contributed by atoms with Crippen molar-refractivity contribution < 1.29 is 28.6 Å². The fraction of sp³-hybridized carbons (Fsp3) is 0.348. The Balaban J connectivity index is 1.94. The Morgan fingerprint density at radius 2 is 1.65 bits per heavy atom. The lowest BCUT2D eigenvalue weighted by atomic mass is 9.99. The van der Waals surface area contributed by atoms with E-state index in [1.807, 2.05) is 66.8 Å². The van der Waals surface area contributed by atoms with Gasteiger partial charge in [0.2, 0.25) is 0 Å². The van der Waals surface area contributed by atoms with Crippen LogP contribution >= 0.6 is 22.6 Å². The average Bonchev–Trinajstić information content (AvgIpc) is 2.77. The van der Waals surface area contributed by atoms with Gasteiger partial charge in [-0.15, -0.1) is 0 Å². The average molecular weight is 539 g/mol. The Kier molecular flexibility index (Phi) is 10.3. The summed E-state index contributed by atoms with van der Waals surface area (Å²) in [5.74, 6) is -0.736. The summed E-state index contributed by atoms with van der Waals surface area (Å²) < 4.78 is 15.9. The van der Waals surface area contributed by atoms with Crippen LogP contribution in [0.1, 0.15) is 31.4 Å². The molecule has 0 saturated heterocycles. The summed E-state index contributed by atoms with van der Waals surface area (Å²) >= 11 is 1.95. The Hall–Kier alpha value is -2.62. The molecule has 0 aromatic heterocycles. The highest BCUT2D eigenvalue weighted by Gasteiger charge is 2.28. The standard InChI is InChI=1S/C23H26INO6/c1-3-16(2)21(25-23(28)29-14-18-7-5-4-6-8-18)22(27)31-19-11-9-17(10-12-19)13-20(26)30-15-24/h4-12,16,21H,3,13-15H2,1-2H3,(H,25,28)/t16-,21-/m0/s1. The molecule has 0 aliphatic heterocycles. The van der Waals surface area contributed by atoms with E-state index in [4.69, 9.17) is 14.2 Å². The highest BCUT2D eigenvalue weighted by Crippen LogP contribution is 2.17. The number of carbonyl (C=O) groups is 3. The first-order valence-corrected chi connectivity index (χ1v) is 11.4. The van der Waals surface area contributed by atoms with Gasteiger partial charge in [-0.2, -0.15) is 0 Å². The number of hydrogen-bond acceptors (Lipinski definition) is 6. The molecule has 0 aliphatic rings. The molecule has 2 aromatic carbocycles. The second-order valence-electron chi connectivity index (χ2n) is 6.94. The second-order valence-corrected chi connectivity index (χ2v) is 7.56. The summed E-state index contributed by atoms with van der Waals surface area (Å²) in [4.78, 5) is 36.5. The van der Waals surface area contributed by atoms with Gasteiger partial charge in [-0.25, -0.2) is 9.59 Å². The molecule has 0 aliphatic carbocycles. The first kappa shape index (κ1) is 24.6.